The predicted molar refractivity (Wildman–Crippen MR) is 112 cm³/mol. The monoisotopic (exact) mass is 390 g/mol. The number of amides is 3. The van der Waals surface area contributed by atoms with E-state index in [1.165, 1.54) is 4.90 Å². The first kappa shape index (κ1) is 18.7. The molecule has 29 heavy (non-hydrogen) atoms. The normalized spacial score (nSPS) is 15.6. The van der Waals surface area contributed by atoms with E-state index >= 15 is 0 Å². The number of nitrogens with zero attached hydrogens (tertiary/aromatic N) is 2. The van der Waals surface area contributed by atoms with Crippen LogP contribution >= 0.6 is 0 Å². The lowest BCUT2D eigenvalue weighted by atomic mass is 10.1. The van der Waals surface area contributed by atoms with Gasteiger partial charge in [-0.2, -0.15) is 0 Å². The molecule has 2 aromatic carbocycles. The third kappa shape index (κ3) is 3.47. The third-order valence-electron chi connectivity index (χ3n) is 5.34. The molecule has 0 bridgehead atoms. The van der Waals surface area contributed by atoms with Gasteiger partial charge in [-0.15, -0.1) is 0 Å². The Morgan fingerprint density at radius 1 is 1.07 bits per heavy atom. The van der Waals surface area contributed by atoms with E-state index in [-0.39, 0.29) is 18.4 Å². The molecule has 0 spiro atoms. The molecule has 3 N–H and O–H groups in total. The van der Waals surface area contributed by atoms with Gasteiger partial charge in [0.25, 0.3) is 5.91 Å². The maximum Gasteiger partial charge on any atom is 0.259 e. The van der Waals surface area contributed by atoms with Crippen molar-refractivity contribution in [2.45, 2.75) is 12.8 Å². The maximum absolute atomic E-state index is 12.8. The molecule has 0 aliphatic carbocycles. The van der Waals surface area contributed by atoms with Crippen LogP contribution in [0, 0.1) is 0 Å². The Balaban J connectivity index is 1.55. The fourth-order valence-corrected chi connectivity index (χ4v) is 3.86. The van der Waals surface area contributed by atoms with E-state index in [0.717, 1.165) is 37.2 Å². The number of hydrogen-bond donors (Lipinski definition) is 2. The van der Waals surface area contributed by atoms with Gasteiger partial charge in [-0.25, -0.2) is 0 Å². The zero-order chi connectivity index (χ0) is 20.5. The van der Waals surface area contributed by atoms with Crippen molar-refractivity contribution in [1.29, 1.82) is 0 Å². The largest absolute Gasteiger partial charge is 0.370 e. The Hall–Kier alpha value is -3.61. The minimum absolute atomic E-state index is 0.160. The molecule has 0 unspecified atom stereocenters. The number of carbonyl (C=O) groups excluding carboxylic acids is 3. The molecule has 2 aliphatic heterocycles. The number of carbonyl (C=O) groups is 3. The number of fused-ring (bicyclic) bond motifs is 1. The quantitative estimate of drug-likeness (QED) is 0.820. The van der Waals surface area contributed by atoms with Crippen molar-refractivity contribution in [1.82, 2.24) is 4.90 Å². The van der Waals surface area contributed by atoms with E-state index in [9.17, 15) is 14.4 Å². The molecule has 2 heterocycles. The van der Waals surface area contributed by atoms with Crippen molar-refractivity contribution in [2.24, 2.45) is 5.73 Å². The van der Waals surface area contributed by atoms with Gasteiger partial charge in [-0.1, -0.05) is 24.8 Å². The Kier molecular flexibility index (Phi) is 4.80. The molecule has 4 rings (SSSR count). The summed E-state index contributed by atoms with van der Waals surface area (Å²) in [5.74, 6) is -1.17. The van der Waals surface area contributed by atoms with Gasteiger partial charge in [-0.05, 0) is 37.1 Å². The topological polar surface area (TPSA) is 95.7 Å². The molecule has 0 aromatic heterocycles. The number of nitrogens with one attached hydrogen (secondary N) is 1. The van der Waals surface area contributed by atoms with E-state index in [1.54, 1.807) is 30.3 Å². The van der Waals surface area contributed by atoms with Crippen LogP contribution in [-0.2, 0) is 4.79 Å². The number of benzene rings is 2. The van der Waals surface area contributed by atoms with E-state index in [0.29, 0.717) is 22.5 Å². The van der Waals surface area contributed by atoms with Gasteiger partial charge in [0.15, 0.2) is 0 Å². The summed E-state index contributed by atoms with van der Waals surface area (Å²) >= 11 is 0. The van der Waals surface area contributed by atoms with Crippen LogP contribution in [0.2, 0.25) is 0 Å². The van der Waals surface area contributed by atoms with Crippen LogP contribution in [0.5, 0.6) is 0 Å². The molecule has 7 nitrogen and oxygen atoms in total. The number of anilines is 2. The third-order valence-corrected chi connectivity index (χ3v) is 5.34. The summed E-state index contributed by atoms with van der Waals surface area (Å²) < 4.78 is 0. The van der Waals surface area contributed by atoms with Crippen molar-refractivity contribution < 1.29 is 14.4 Å². The highest BCUT2D eigenvalue weighted by molar-refractivity contribution is 6.11. The highest BCUT2D eigenvalue weighted by Gasteiger charge is 2.32. The van der Waals surface area contributed by atoms with Gasteiger partial charge in [0.2, 0.25) is 11.8 Å². The molecule has 148 valence electrons. The fraction of sp³-hybridized carbons (Fsp3) is 0.227. The number of primary amides is 1. The van der Waals surface area contributed by atoms with Gasteiger partial charge in [0.1, 0.15) is 6.54 Å². The molecule has 0 saturated carbocycles. The van der Waals surface area contributed by atoms with Gasteiger partial charge in [0, 0.05) is 35.5 Å². The SMILES string of the molecule is C=C1c2ccccc2C(=O)N1CC(=O)Nc1cc(C(N)=O)ccc1N1CCCC1. The standard InChI is InChI=1S/C22H22N4O3/c1-14-16-6-2-3-7-17(16)22(29)26(14)13-20(27)24-18-12-15(21(23)28)8-9-19(18)25-10-4-5-11-25/h2-3,6-9,12H,1,4-5,10-11,13H2,(H2,23,28)(H,24,27). The summed E-state index contributed by atoms with van der Waals surface area (Å²) in [5.41, 5.74) is 8.86. The molecule has 0 atom stereocenters. The number of hydrogen-bond acceptors (Lipinski definition) is 4. The molecule has 3 amide bonds. The summed E-state index contributed by atoms with van der Waals surface area (Å²) in [7, 11) is 0. The van der Waals surface area contributed by atoms with Crippen LogP contribution in [0.15, 0.2) is 49.0 Å². The van der Waals surface area contributed by atoms with E-state index in [2.05, 4.69) is 16.8 Å². The van der Waals surface area contributed by atoms with E-state index in [1.807, 2.05) is 12.1 Å². The van der Waals surface area contributed by atoms with Crippen LogP contribution in [0.25, 0.3) is 5.70 Å². The van der Waals surface area contributed by atoms with Crippen molar-refractivity contribution >= 4 is 34.8 Å². The van der Waals surface area contributed by atoms with E-state index in [4.69, 9.17) is 5.73 Å². The zero-order valence-corrected chi connectivity index (χ0v) is 16.0. The lowest BCUT2D eigenvalue weighted by Gasteiger charge is -2.23. The average molecular weight is 390 g/mol. The van der Waals surface area contributed by atoms with Crippen LogP contribution in [0.4, 0.5) is 11.4 Å². The molecule has 0 radical (unpaired) electrons. The highest BCUT2D eigenvalue weighted by Crippen LogP contribution is 2.32. The molecular formula is C22H22N4O3. The van der Waals surface area contributed by atoms with Gasteiger partial charge >= 0.3 is 0 Å². The summed E-state index contributed by atoms with van der Waals surface area (Å²) in [5, 5.41) is 2.85. The van der Waals surface area contributed by atoms with Crippen molar-refractivity contribution in [3.05, 3.63) is 65.7 Å². The first-order valence-electron chi connectivity index (χ1n) is 9.54. The molecule has 2 aliphatic rings. The van der Waals surface area contributed by atoms with Crippen LogP contribution in [0.3, 0.4) is 0 Å². The average Bonchev–Trinajstić information content (AvgIpc) is 3.32. The molecule has 1 saturated heterocycles. The zero-order valence-electron chi connectivity index (χ0n) is 16.0. The first-order chi connectivity index (χ1) is 14.0. The van der Waals surface area contributed by atoms with Gasteiger partial charge in [0.05, 0.1) is 11.4 Å². The van der Waals surface area contributed by atoms with Crippen LogP contribution < -0.4 is 16.0 Å². The van der Waals surface area contributed by atoms with E-state index < -0.39 is 5.91 Å². The second kappa shape index (κ2) is 7.43. The Bertz CT molecular complexity index is 989. The van der Waals surface area contributed by atoms with Crippen molar-refractivity contribution in [2.75, 3.05) is 29.9 Å². The predicted octanol–water partition coefficient (Wildman–Crippen LogP) is 2.45. The number of rotatable bonds is 5. The molecule has 2 aromatic rings. The maximum atomic E-state index is 12.8. The molecular weight excluding hydrogens is 368 g/mol. The van der Waals surface area contributed by atoms with Crippen LogP contribution in [0.1, 0.15) is 39.1 Å². The Morgan fingerprint density at radius 2 is 1.76 bits per heavy atom. The lowest BCUT2D eigenvalue weighted by molar-refractivity contribution is -0.116. The smallest absolute Gasteiger partial charge is 0.259 e. The fourth-order valence-electron chi connectivity index (χ4n) is 3.86. The summed E-state index contributed by atoms with van der Waals surface area (Å²) in [4.78, 5) is 40.5. The summed E-state index contributed by atoms with van der Waals surface area (Å²) in [6.07, 6.45) is 2.15. The Labute approximate surface area is 168 Å². The van der Waals surface area contributed by atoms with Crippen molar-refractivity contribution in [3.8, 4) is 0 Å². The first-order valence-corrected chi connectivity index (χ1v) is 9.54. The second-order valence-corrected chi connectivity index (χ2v) is 7.22. The lowest BCUT2D eigenvalue weighted by Crippen LogP contribution is -2.33. The molecule has 1 fully saturated rings. The van der Waals surface area contributed by atoms with Crippen LogP contribution in [-0.4, -0.2) is 42.3 Å². The van der Waals surface area contributed by atoms with Gasteiger partial charge < -0.3 is 16.0 Å². The second-order valence-electron chi connectivity index (χ2n) is 7.22. The summed E-state index contributed by atoms with van der Waals surface area (Å²) in [6, 6.07) is 12.2. The van der Waals surface area contributed by atoms with Gasteiger partial charge in [-0.3, -0.25) is 19.3 Å². The number of nitrogens with two attached hydrogens (primary N) is 1. The van der Waals surface area contributed by atoms with Crippen molar-refractivity contribution in [3.63, 3.8) is 0 Å². The highest BCUT2D eigenvalue weighted by atomic mass is 16.2. The minimum Gasteiger partial charge on any atom is -0.370 e. The minimum atomic E-state index is -0.563. The Morgan fingerprint density at radius 3 is 2.41 bits per heavy atom. The summed E-state index contributed by atoms with van der Waals surface area (Å²) in [6.45, 7) is 5.57. The molecule has 7 heteroatoms.